The molecule has 92 valence electrons. The number of nitrogens with zero attached hydrogens (tertiary/aromatic N) is 2. The van der Waals surface area contributed by atoms with Crippen molar-refractivity contribution in [2.24, 2.45) is 7.05 Å². The molecule has 0 saturated carbocycles. The van der Waals surface area contributed by atoms with Crippen LogP contribution in [0.25, 0.3) is 0 Å². The molecule has 0 atom stereocenters. The molecule has 1 rings (SSSR count). The zero-order chi connectivity index (χ0) is 12.2. The van der Waals surface area contributed by atoms with E-state index in [9.17, 15) is 8.42 Å². The molecule has 6 nitrogen and oxygen atoms in total. The summed E-state index contributed by atoms with van der Waals surface area (Å²) >= 11 is 0. The van der Waals surface area contributed by atoms with Crippen LogP contribution in [0.3, 0.4) is 0 Å². The lowest BCUT2D eigenvalue weighted by Crippen LogP contribution is -2.26. The van der Waals surface area contributed by atoms with Crippen molar-refractivity contribution in [1.82, 2.24) is 15.1 Å². The van der Waals surface area contributed by atoms with Crippen LogP contribution in [0.2, 0.25) is 0 Å². The fraction of sp³-hybridized carbons (Fsp3) is 0.667. The number of sulfonamides is 1. The maximum absolute atomic E-state index is 11.6. The van der Waals surface area contributed by atoms with Crippen LogP contribution in [0, 0.1) is 6.92 Å². The summed E-state index contributed by atoms with van der Waals surface area (Å²) < 4.78 is 27.4. The average Bonchev–Trinajstić information content (AvgIpc) is 2.44. The Morgan fingerprint density at radius 3 is 2.69 bits per heavy atom. The van der Waals surface area contributed by atoms with Crippen LogP contribution in [0.15, 0.2) is 6.20 Å². The van der Waals surface area contributed by atoms with Gasteiger partial charge in [-0.3, -0.25) is 9.40 Å². The number of hydrogen-bond donors (Lipinski definition) is 2. The maximum atomic E-state index is 11.6. The predicted octanol–water partition coefficient (Wildman–Crippen LogP) is 0.0797. The van der Waals surface area contributed by atoms with E-state index in [1.165, 1.54) is 0 Å². The Balaban J connectivity index is 2.62. The number of aromatic nitrogens is 2. The summed E-state index contributed by atoms with van der Waals surface area (Å²) in [5, 5.41) is 7.04. The molecule has 0 radical (unpaired) electrons. The third-order valence-corrected chi connectivity index (χ3v) is 3.35. The number of anilines is 1. The summed E-state index contributed by atoms with van der Waals surface area (Å²) in [5.74, 6) is 0.0647. The zero-order valence-corrected chi connectivity index (χ0v) is 10.6. The van der Waals surface area contributed by atoms with Gasteiger partial charge in [-0.25, -0.2) is 8.42 Å². The molecule has 0 bridgehead atoms. The lowest BCUT2D eigenvalue weighted by molar-refractivity contribution is 0.597. The zero-order valence-electron chi connectivity index (χ0n) is 9.82. The molecule has 2 N–H and O–H groups in total. The molecule has 7 heteroatoms. The van der Waals surface area contributed by atoms with Gasteiger partial charge in [-0.15, -0.1) is 0 Å². The van der Waals surface area contributed by atoms with E-state index in [0.717, 1.165) is 6.54 Å². The molecule has 0 aliphatic heterocycles. The molecule has 16 heavy (non-hydrogen) atoms. The molecule has 0 aliphatic carbocycles. The minimum absolute atomic E-state index is 0.0647. The van der Waals surface area contributed by atoms with E-state index < -0.39 is 10.0 Å². The molecule has 1 aromatic heterocycles. The molecule has 1 aromatic rings. The summed E-state index contributed by atoms with van der Waals surface area (Å²) in [5.41, 5.74) is 1.22. The van der Waals surface area contributed by atoms with Crippen molar-refractivity contribution in [3.05, 3.63) is 11.9 Å². The van der Waals surface area contributed by atoms with Crippen molar-refractivity contribution >= 4 is 15.7 Å². The van der Waals surface area contributed by atoms with Gasteiger partial charge in [0.05, 0.1) is 17.1 Å². The lowest BCUT2D eigenvalue weighted by Gasteiger charge is -2.06. The number of nitrogens with one attached hydrogen (secondary N) is 2. The van der Waals surface area contributed by atoms with Gasteiger partial charge in [-0.2, -0.15) is 5.10 Å². The van der Waals surface area contributed by atoms with Crippen LogP contribution >= 0.6 is 0 Å². The lowest BCUT2D eigenvalue weighted by atomic mass is 10.4. The molecule has 0 aliphatic rings. The molecular formula is C9H18N4O2S. The standard InChI is InChI=1S/C9H18N4O2S/c1-4-10-5-6-16(14,15)12-9-7-13(3)11-8(9)2/h7,10,12H,4-6H2,1-3H3. The Hall–Kier alpha value is -1.08. The van der Waals surface area contributed by atoms with Gasteiger partial charge in [0.15, 0.2) is 0 Å². The fourth-order valence-electron chi connectivity index (χ4n) is 1.30. The van der Waals surface area contributed by atoms with Crippen LogP contribution in [0.1, 0.15) is 12.6 Å². The van der Waals surface area contributed by atoms with Crippen molar-refractivity contribution in [2.45, 2.75) is 13.8 Å². The van der Waals surface area contributed by atoms with Gasteiger partial charge in [0, 0.05) is 19.8 Å². The van der Waals surface area contributed by atoms with Gasteiger partial charge >= 0.3 is 0 Å². The molecule has 1 heterocycles. The Morgan fingerprint density at radius 2 is 2.19 bits per heavy atom. The first-order valence-corrected chi connectivity index (χ1v) is 6.81. The molecule has 0 spiro atoms. The summed E-state index contributed by atoms with van der Waals surface area (Å²) in [7, 11) is -1.53. The first-order chi connectivity index (χ1) is 7.44. The van der Waals surface area contributed by atoms with E-state index in [0.29, 0.717) is 17.9 Å². The Kier molecular flexibility index (Phi) is 4.31. The van der Waals surface area contributed by atoms with Gasteiger partial charge in [-0.05, 0) is 13.5 Å². The highest BCUT2D eigenvalue weighted by Crippen LogP contribution is 2.13. The predicted molar refractivity (Wildman–Crippen MR) is 63.9 cm³/mol. The largest absolute Gasteiger partial charge is 0.316 e. The van der Waals surface area contributed by atoms with Crippen molar-refractivity contribution in [2.75, 3.05) is 23.6 Å². The minimum atomic E-state index is -3.28. The highest BCUT2D eigenvalue weighted by atomic mass is 32.2. The van der Waals surface area contributed by atoms with Crippen LogP contribution < -0.4 is 10.0 Å². The quantitative estimate of drug-likeness (QED) is 0.697. The first-order valence-electron chi connectivity index (χ1n) is 5.16. The second-order valence-electron chi connectivity index (χ2n) is 3.58. The summed E-state index contributed by atoms with van der Waals surface area (Å²) in [4.78, 5) is 0. The minimum Gasteiger partial charge on any atom is -0.316 e. The van der Waals surface area contributed by atoms with E-state index in [1.807, 2.05) is 6.92 Å². The van der Waals surface area contributed by atoms with E-state index in [1.54, 1.807) is 24.9 Å². The topological polar surface area (TPSA) is 76.0 Å². The SMILES string of the molecule is CCNCCS(=O)(=O)Nc1cn(C)nc1C. The molecule has 0 fully saturated rings. The normalized spacial score (nSPS) is 11.7. The van der Waals surface area contributed by atoms with E-state index in [-0.39, 0.29) is 5.75 Å². The fourth-order valence-corrected chi connectivity index (χ4v) is 2.35. The summed E-state index contributed by atoms with van der Waals surface area (Å²) in [6.07, 6.45) is 1.65. The third-order valence-electron chi connectivity index (χ3n) is 2.08. The van der Waals surface area contributed by atoms with Gasteiger partial charge in [0.2, 0.25) is 10.0 Å². The number of hydrogen-bond acceptors (Lipinski definition) is 4. The maximum Gasteiger partial charge on any atom is 0.234 e. The number of rotatable bonds is 6. The van der Waals surface area contributed by atoms with Crippen LogP contribution in [0.4, 0.5) is 5.69 Å². The monoisotopic (exact) mass is 246 g/mol. The van der Waals surface area contributed by atoms with Crippen molar-refractivity contribution in [1.29, 1.82) is 0 Å². The summed E-state index contributed by atoms with van der Waals surface area (Å²) in [6.45, 7) is 4.92. The Labute approximate surface area is 96.1 Å². The second-order valence-corrected chi connectivity index (χ2v) is 5.42. The Morgan fingerprint density at radius 1 is 1.50 bits per heavy atom. The third kappa shape index (κ3) is 3.82. The second kappa shape index (κ2) is 5.31. The number of aryl methyl sites for hydroxylation is 2. The Bertz CT molecular complexity index is 438. The molecule has 0 unspecified atom stereocenters. The highest BCUT2D eigenvalue weighted by molar-refractivity contribution is 7.92. The molecule has 0 amide bonds. The van der Waals surface area contributed by atoms with Gasteiger partial charge < -0.3 is 5.32 Å². The van der Waals surface area contributed by atoms with Crippen molar-refractivity contribution in [3.8, 4) is 0 Å². The summed E-state index contributed by atoms with van der Waals surface area (Å²) in [6, 6.07) is 0. The van der Waals surface area contributed by atoms with Gasteiger partial charge in [-0.1, -0.05) is 6.92 Å². The van der Waals surface area contributed by atoms with E-state index >= 15 is 0 Å². The van der Waals surface area contributed by atoms with Crippen LogP contribution in [-0.2, 0) is 17.1 Å². The van der Waals surface area contributed by atoms with E-state index in [4.69, 9.17) is 0 Å². The van der Waals surface area contributed by atoms with Crippen LogP contribution in [0.5, 0.6) is 0 Å². The van der Waals surface area contributed by atoms with Crippen molar-refractivity contribution in [3.63, 3.8) is 0 Å². The highest BCUT2D eigenvalue weighted by Gasteiger charge is 2.12. The van der Waals surface area contributed by atoms with Gasteiger partial charge in [0.25, 0.3) is 0 Å². The van der Waals surface area contributed by atoms with Crippen LogP contribution in [-0.4, -0.2) is 37.0 Å². The van der Waals surface area contributed by atoms with Gasteiger partial charge in [0.1, 0.15) is 0 Å². The average molecular weight is 246 g/mol. The first kappa shape index (κ1) is 13.0. The van der Waals surface area contributed by atoms with Crippen molar-refractivity contribution < 1.29 is 8.42 Å². The van der Waals surface area contributed by atoms with E-state index in [2.05, 4.69) is 15.1 Å². The smallest absolute Gasteiger partial charge is 0.234 e. The molecule has 0 saturated heterocycles. The molecular weight excluding hydrogens is 228 g/mol. The molecule has 0 aromatic carbocycles.